The van der Waals surface area contributed by atoms with Crippen molar-refractivity contribution < 1.29 is 9.84 Å². The van der Waals surface area contributed by atoms with Crippen molar-refractivity contribution in [1.29, 1.82) is 5.26 Å². The lowest BCUT2D eigenvalue weighted by molar-refractivity contribution is 0.0899. The smallest absolute Gasteiger partial charge is 0.145 e. The molecule has 0 saturated carbocycles. The zero-order chi connectivity index (χ0) is 20.1. The molecular formula is C19H25N5O2SSi. The zero-order valence-corrected chi connectivity index (χ0v) is 18.2. The predicted molar refractivity (Wildman–Crippen MR) is 113 cm³/mol. The predicted octanol–water partition coefficient (Wildman–Crippen LogP) is 3.86. The first kappa shape index (κ1) is 20.6. The number of aliphatic hydroxyl groups is 1. The van der Waals surface area contributed by atoms with E-state index < -0.39 is 8.07 Å². The maximum Gasteiger partial charge on any atom is 0.145 e. The molecule has 148 valence electrons. The van der Waals surface area contributed by atoms with E-state index in [0.717, 1.165) is 39.3 Å². The van der Waals surface area contributed by atoms with Gasteiger partial charge in [0.1, 0.15) is 18.7 Å². The van der Waals surface area contributed by atoms with Gasteiger partial charge in [0.25, 0.3) is 0 Å². The quantitative estimate of drug-likeness (QED) is 0.421. The van der Waals surface area contributed by atoms with Gasteiger partial charge in [-0.25, -0.2) is 15.0 Å². The van der Waals surface area contributed by atoms with E-state index in [1.165, 1.54) is 11.3 Å². The van der Waals surface area contributed by atoms with Gasteiger partial charge in [-0.3, -0.25) is 0 Å². The van der Waals surface area contributed by atoms with Gasteiger partial charge in [-0.05, 0) is 12.1 Å². The van der Waals surface area contributed by atoms with Crippen molar-refractivity contribution in [2.45, 2.75) is 44.8 Å². The number of hydrogen-bond acceptors (Lipinski definition) is 7. The standard InChI is InChI=1S/C19H25N5O2SSi/c1-28(2,3)9-8-26-13-24-7-5-15-17(22-12-23-18(15)24)16-10-21-19(27-16)14(11-25)4-6-20/h5,7,10,12,14,25H,4,8-9,11,13H2,1-3H3. The lowest BCUT2D eigenvalue weighted by Crippen LogP contribution is -2.22. The summed E-state index contributed by atoms with van der Waals surface area (Å²) < 4.78 is 7.84. The summed E-state index contributed by atoms with van der Waals surface area (Å²) >= 11 is 1.46. The molecule has 28 heavy (non-hydrogen) atoms. The Hall–Kier alpha value is -2.12. The van der Waals surface area contributed by atoms with E-state index >= 15 is 0 Å². The monoisotopic (exact) mass is 415 g/mol. The molecule has 0 bridgehead atoms. The average molecular weight is 416 g/mol. The van der Waals surface area contributed by atoms with Crippen molar-refractivity contribution in [2.75, 3.05) is 13.2 Å². The fourth-order valence-electron chi connectivity index (χ4n) is 2.77. The third-order valence-electron chi connectivity index (χ3n) is 4.45. The number of nitrogens with zero attached hydrogens (tertiary/aromatic N) is 5. The van der Waals surface area contributed by atoms with E-state index in [0.29, 0.717) is 6.73 Å². The Balaban J connectivity index is 1.80. The van der Waals surface area contributed by atoms with E-state index in [-0.39, 0.29) is 18.9 Å². The first-order chi connectivity index (χ1) is 13.4. The number of hydrogen-bond donors (Lipinski definition) is 1. The van der Waals surface area contributed by atoms with Gasteiger partial charge in [0.15, 0.2) is 0 Å². The number of rotatable bonds is 9. The Labute approximate surface area is 169 Å². The van der Waals surface area contributed by atoms with Gasteiger partial charge in [-0.1, -0.05) is 19.6 Å². The van der Waals surface area contributed by atoms with E-state index in [1.54, 1.807) is 12.5 Å². The molecule has 0 amide bonds. The van der Waals surface area contributed by atoms with Crippen LogP contribution in [0.15, 0.2) is 24.8 Å². The van der Waals surface area contributed by atoms with Crippen LogP contribution in [-0.2, 0) is 11.5 Å². The molecule has 1 N–H and O–H groups in total. The second kappa shape index (κ2) is 8.92. The highest BCUT2D eigenvalue weighted by Gasteiger charge is 2.18. The highest BCUT2D eigenvalue weighted by molar-refractivity contribution is 7.15. The van der Waals surface area contributed by atoms with Crippen molar-refractivity contribution >= 4 is 30.4 Å². The van der Waals surface area contributed by atoms with Crippen LogP contribution in [0.25, 0.3) is 21.6 Å². The third kappa shape index (κ3) is 4.83. The maximum atomic E-state index is 9.49. The Kier molecular flexibility index (Phi) is 6.56. The molecule has 0 aliphatic heterocycles. The van der Waals surface area contributed by atoms with Crippen molar-refractivity contribution in [3.8, 4) is 16.6 Å². The first-order valence-corrected chi connectivity index (χ1v) is 13.8. The summed E-state index contributed by atoms with van der Waals surface area (Å²) in [5.74, 6) is -0.259. The molecule has 0 saturated heterocycles. The molecule has 1 atom stereocenters. The normalized spacial score (nSPS) is 13.0. The number of ether oxygens (including phenoxy) is 1. The van der Waals surface area contributed by atoms with Gasteiger partial charge >= 0.3 is 0 Å². The minimum atomic E-state index is -1.11. The number of aromatic nitrogens is 4. The first-order valence-electron chi connectivity index (χ1n) is 9.24. The van der Waals surface area contributed by atoms with Crippen LogP contribution in [0.2, 0.25) is 25.7 Å². The highest BCUT2D eigenvalue weighted by atomic mass is 32.1. The van der Waals surface area contributed by atoms with E-state index in [2.05, 4.69) is 40.7 Å². The molecule has 3 aromatic heterocycles. The van der Waals surface area contributed by atoms with Crippen molar-refractivity contribution in [3.05, 3.63) is 29.8 Å². The summed E-state index contributed by atoms with van der Waals surface area (Å²) in [6, 6.07) is 5.22. The van der Waals surface area contributed by atoms with Gasteiger partial charge in [-0.2, -0.15) is 5.26 Å². The van der Waals surface area contributed by atoms with E-state index in [1.807, 2.05) is 16.8 Å². The van der Waals surface area contributed by atoms with Gasteiger partial charge in [0.2, 0.25) is 0 Å². The Morgan fingerprint density at radius 1 is 1.32 bits per heavy atom. The molecule has 0 spiro atoms. The van der Waals surface area contributed by atoms with E-state index in [4.69, 9.17) is 10.00 Å². The highest BCUT2D eigenvalue weighted by Crippen LogP contribution is 2.33. The summed E-state index contributed by atoms with van der Waals surface area (Å²) in [4.78, 5) is 14.2. The lowest BCUT2D eigenvalue weighted by atomic mass is 10.1. The van der Waals surface area contributed by atoms with Crippen molar-refractivity contribution in [1.82, 2.24) is 19.5 Å². The maximum absolute atomic E-state index is 9.49. The van der Waals surface area contributed by atoms with Crippen LogP contribution in [0.5, 0.6) is 0 Å². The average Bonchev–Trinajstić information content (AvgIpc) is 3.30. The van der Waals surface area contributed by atoms with Crippen LogP contribution in [0, 0.1) is 11.3 Å². The molecule has 0 radical (unpaired) electrons. The summed E-state index contributed by atoms with van der Waals surface area (Å²) in [7, 11) is -1.11. The molecule has 0 aliphatic rings. The van der Waals surface area contributed by atoms with Crippen LogP contribution in [0.3, 0.4) is 0 Å². The van der Waals surface area contributed by atoms with Crippen LogP contribution in [0.4, 0.5) is 0 Å². The Morgan fingerprint density at radius 3 is 2.86 bits per heavy atom. The van der Waals surface area contributed by atoms with Gasteiger partial charge < -0.3 is 14.4 Å². The third-order valence-corrected chi connectivity index (χ3v) is 7.32. The van der Waals surface area contributed by atoms with Gasteiger partial charge in [0, 0.05) is 44.8 Å². The summed E-state index contributed by atoms with van der Waals surface area (Å²) in [5, 5.41) is 20.1. The summed E-state index contributed by atoms with van der Waals surface area (Å²) in [6.07, 6.45) is 5.51. The van der Waals surface area contributed by atoms with Crippen LogP contribution < -0.4 is 0 Å². The van der Waals surface area contributed by atoms with Crippen molar-refractivity contribution in [3.63, 3.8) is 0 Å². The topological polar surface area (TPSA) is 96.8 Å². The minimum absolute atomic E-state index is 0.0924. The number of nitriles is 1. The van der Waals surface area contributed by atoms with Gasteiger partial charge in [0.05, 0.1) is 28.3 Å². The lowest BCUT2D eigenvalue weighted by Gasteiger charge is -2.15. The fraction of sp³-hybridized carbons (Fsp3) is 0.474. The van der Waals surface area contributed by atoms with E-state index in [9.17, 15) is 5.11 Å². The molecule has 3 rings (SSSR count). The zero-order valence-electron chi connectivity index (χ0n) is 16.4. The van der Waals surface area contributed by atoms with Crippen molar-refractivity contribution in [2.24, 2.45) is 0 Å². The van der Waals surface area contributed by atoms with Crippen LogP contribution in [-0.4, -0.2) is 45.9 Å². The largest absolute Gasteiger partial charge is 0.396 e. The number of aliphatic hydroxyl groups excluding tert-OH is 1. The molecule has 7 nitrogen and oxygen atoms in total. The number of thiazole rings is 1. The van der Waals surface area contributed by atoms with Crippen LogP contribution in [0.1, 0.15) is 17.3 Å². The second-order valence-electron chi connectivity index (χ2n) is 7.90. The summed E-state index contributed by atoms with van der Waals surface area (Å²) in [6.45, 7) is 8.14. The molecule has 0 aromatic carbocycles. The Bertz CT molecular complexity index is 973. The molecule has 1 unspecified atom stereocenters. The summed E-state index contributed by atoms with van der Waals surface area (Å²) in [5.41, 5.74) is 1.63. The van der Waals surface area contributed by atoms with Crippen LogP contribution >= 0.6 is 11.3 Å². The second-order valence-corrected chi connectivity index (χ2v) is 14.6. The molecule has 0 aliphatic carbocycles. The SMILES string of the molecule is C[Si](C)(C)CCOCn1ccc2c(-c3cnc(C(CO)CC#N)s3)ncnc21. The molecular weight excluding hydrogens is 390 g/mol. The molecule has 3 aromatic rings. The fourth-order valence-corrected chi connectivity index (χ4v) is 4.55. The Morgan fingerprint density at radius 2 is 2.14 bits per heavy atom. The molecule has 0 fully saturated rings. The molecule has 3 heterocycles. The van der Waals surface area contributed by atoms with Gasteiger partial charge in [-0.15, -0.1) is 11.3 Å². The minimum Gasteiger partial charge on any atom is -0.396 e. The molecule has 9 heteroatoms. The number of fused-ring (bicyclic) bond motifs is 1.